The molecular weight excluding hydrogens is 308 g/mol. The lowest BCUT2D eigenvalue weighted by Gasteiger charge is -2.10. The molecule has 0 saturated heterocycles. The zero-order chi connectivity index (χ0) is 17.1. The largest absolute Gasteiger partial charge is 0.366 e. The van der Waals surface area contributed by atoms with E-state index in [1.165, 1.54) is 4.52 Å². The standard InChI is InChI=1S/C16H18N6O2/c1-10-13(11(2)22-16(18-10)19-15(17)20-22)8-14(23)21-24-9-12-6-4-3-5-7-12/h3-7H,8-9H2,1-2H3,(H2,17,20)(H,21,23). The van der Waals surface area contributed by atoms with Crippen LogP contribution in [0.5, 0.6) is 0 Å². The number of fused-ring (bicyclic) bond motifs is 1. The second-order valence-corrected chi connectivity index (χ2v) is 5.42. The monoisotopic (exact) mass is 326 g/mol. The molecule has 3 N–H and O–H groups in total. The first-order valence-corrected chi connectivity index (χ1v) is 7.47. The van der Waals surface area contributed by atoms with Gasteiger partial charge < -0.3 is 5.73 Å². The molecule has 2 heterocycles. The number of hydroxylamine groups is 1. The topological polar surface area (TPSA) is 107 Å². The van der Waals surface area contributed by atoms with Crippen molar-refractivity contribution >= 4 is 17.6 Å². The highest BCUT2D eigenvalue weighted by atomic mass is 16.6. The van der Waals surface area contributed by atoms with Crippen molar-refractivity contribution in [2.75, 3.05) is 5.73 Å². The third-order valence-electron chi connectivity index (χ3n) is 3.67. The van der Waals surface area contributed by atoms with E-state index in [1.54, 1.807) is 0 Å². The molecule has 0 aliphatic heterocycles. The van der Waals surface area contributed by atoms with Gasteiger partial charge in [-0.05, 0) is 19.4 Å². The number of aryl methyl sites for hydroxylation is 2. The van der Waals surface area contributed by atoms with Crippen molar-refractivity contribution in [2.45, 2.75) is 26.9 Å². The van der Waals surface area contributed by atoms with Gasteiger partial charge in [0.05, 0.1) is 13.0 Å². The average molecular weight is 326 g/mol. The van der Waals surface area contributed by atoms with E-state index < -0.39 is 0 Å². The number of nitrogens with two attached hydrogens (primary N) is 1. The number of nitrogens with one attached hydrogen (secondary N) is 1. The summed E-state index contributed by atoms with van der Waals surface area (Å²) in [6.45, 7) is 3.98. The van der Waals surface area contributed by atoms with E-state index in [0.29, 0.717) is 18.1 Å². The normalized spacial score (nSPS) is 10.9. The van der Waals surface area contributed by atoms with Crippen LogP contribution in [0.25, 0.3) is 5.78 Å². The van der Waals surface area contributed by atoms with Gasteiger partial charge in [0.2, 0.25) is 11.9 Å². The summed E-state index contributed by atoms with van der Waals surface area (Å²) in [5, 5.41) is 4.08. The molecule has 124 valence electrons. The van der Waals surface area contributed by atoms with Gasteiger partial charge in [0.25, 0.3) is 5.78 Å². The molecule has 0 radical (unpaired) electrons. The van der Waals surface area contributed by atoms with Crippen molar-refractivity contribution in [1.82, 2.24) is 25.1 Å². The minimum Gasteiger partial charge on any atom is -0.366 e. The molecule has 1 amide bonds. The maximum absolute atomic E-state index is 12.1. The lowest BCUT2D eigenvalue weighted by atomic mass is 10.1. The molecule has 0 atom stereocenters. The summed E-state index contributed by atoms with van der Waals surface area (Å²) in [6.07, 6.45) is 0.134. The predicted octanol–water partition coefficient (Wildman–Crippen LogP) is 1.11. The first-order valence-electron chi connectivity index (χ1n) is 7.47. The third-order valence-corrected chi connectivity index (χ3v) is 3.67. The molecular formula is C16H18N6O2. The number of anilines is 1. The van der Waals surface area contributed by atoms with E-state index in [1.807, 2.05) is 44.2 Å². The van der Waals surface area contributed by atoms with Crippen LogP contribution in [-0.4, -0.2) is 25.5 Å². The number of carbonyl (C=O) groups excluding carboxylic acids is 1. The van der Waals surface area contributed by atoms with Crippen LogP contribution < -0.4 is 11.2 Å². The number of nitrogen functional groups attached to an aromatic ring is 1. The van der Waals surface area contributed by atoms with Crippen LogP contribution >= 0.6 is 0 Å². The zero-order valence-corrected chi connectivity index (χ0v) is 13.5. The minimum absolute atomic E-state index is 0.134. The fraction of sp³-hybridized carbons (Fsp3) is 0.250. The molecule has 8 nitrogen and oxygen atoms in total. The van der Waals surface area contributed by atoms with Gasteiger partial charge in [-0.25, -0.2) is 10.5 Å². The van der Waals surface area contributed by atoms with Crippen molar-refractivity contribution in [3.05, 3.63) is 52.8 Å². The number of aromatic nitrogens is 4. The number of amides is 1. The molecule has 0 unspecified atom stereocenters. The molecule has 0 aliphatic rings. The molecule has 3 rings (SSSR count). The maximum atomic E-state index is 12.1. The van der Waals surface area contributed by atoms with E-state index in [2.05, 4.69) is 20.5 Å². The second-order valence-electron chi connectivity index (χ2n) is 5.42. The maximum Gasteiger partial charge on any atom is 0.254 e. The Hall–Kier alpha value is -3.00. The Morgan fingerprint density at radius 1 is 1.25 bits per heavy atom. The molecule has 0 aliphatic carbocycles. The minimum atomic E-state index is -0.258. The van der Waals surface area contributed by atoms with Crippen molar-refractivity contribution in [3.8, 4) is 0 Å². The van der Waals surface area contributed by atoms with Crippen LogP contribution in [0.15, 0.2) is 30.3 Å². The van der Waals surface area contributed by atoms with Crippen molar-refractivity contribution in [3.63, 3.8) is 0 Å². The second kappa shape index (κ2) is 6.63. The molecule has 0 spiro atoms. The smallest absolute Gasteiger partial charge is 0.254 e. The predicted molar refractivity (Wildman–Crippen MR) is 87.7 cm³/mol. The highest BCUT2D eigenvalue weighted by molar-refractivity contribution is 5.78. The van der Waals surface area contributed by atoms with E-state index >= 15 is 0 Å². The highest BCUT2D eigenvalue weighted by Gasteiger charge is 2.15. The van der Waals surface area contributed by atoms with Gasteiger partial charge in [0.15, 0.2) is 0 Å². The summed E-state index contributed by atoms with van der Waals surface area (Å²) in [5.74, 6) is 0.316. The van der Waals surface area contributed by atoms with Crippen molar-refractivity contribution in [1.29, 1.82) is 0 Å². The SMILES string of the molecule is Cc1nc2nc(N)nn2c(C)c1CC(=O)NOCc1ccccc1. The fourth-order valence-electron chi connectivity index (χ4n) is 2.45. The summed E-state index contributed by atoms with van der Waals surface area (Å²) in [6, 6.07) is 9.60. The summed E-state index contributed by atoms with van der Waals surface area (Å²) in [7, 11) is 0. The number of hydrogen-bond donors (Lipinski definition) is 2. The van der Waals surface area contributed by atoms with Crippen LogP contribution in [0.4, 0.5) is 5.95 Å². The molecule has 0 saturated carbocycles. The fourth-order valence-corrected chi connectivity index (χ4v) is 2.45. The van der Waals surface area contributed by atoms with Crippen LogP contribution in [0.3, 0.4) is 0 Å². The van der Waals surface area contributed by atoms with E-state index in [-0.39, 0.29) is 18.3 Å². The third kappa shape index (κ3) is 3.33. The number of nitrogens with zero attached hydrogens (tertiary/aromatic N) is 4. The Labute approximate surface area is 138 Å². The molecule has 3 aromatic rings. The first kappa shape index (κ1) is 15.9. The Balaban J connectivity index is 1.67. The van der Waals surface area contributed by atoms with Gasteiger partial charge in [0, 0.05) is 17.0 Å². The lowest BCUT2D eigenvalue weighted by Crippen LogP contribution is -2.26. The van der Waals surface area contributed by atoms with Crippen LogP contribution in [0.2, 0.25) is 0 Å². The number of rotatable bonds is 5. The Morgan fingerprint density at radius 3 is 2.75 bits per heavy atom. The summed E-state index contributed by atoms with van der Waals surface area (Å²) in [5.41, 5.74) is 11.3. The molecule has 1 aromatic carbocycles. The van der Waals surface area contributed by atoms with Gasteiger partial charge in [-0.3, -0.25) is 9.63 Å². The Morgan fingerprint density at radius 2 is 2.00 bits per heavy atom. The van der Waals surface area contributed by atoms with Crippen LogP contribution in [0.1, 0.15) is 22.5 Å². The van der Waals surface area contributed by atoms with Gasteiger partial charge in [0.1, 0.15) is 0 Å². The van der Waals surface area contributed by atoms with Gasteiger partial charge in [-0.15, -0.1) is 5.10 Å². The Bertz CT molecular complexity index is 875. The van der Waals surface area contributed by atoms with E-state index in [9.17, 15) is 4.79 Å². The van der Waals surface area contributed by atoms with Crippen molar-refractivity contribution < 1.29 is 9.63 Å². The van der Waals surface area contributed by atoms with E-state index in [4.69, 9.17) is 10.6 Å². The molecule has 2 aromatic heterocycles. The van der Waals surface area contributed by atoms with Crippen LogP contribution in [-0.2, 0) is 22.7 Å². The van der Waals surface area contributed by atoms with E-state index in [0.717, 1.165) is 16.8 Å². The number of benzene rings is 1. The number of hydrogen-bond acceptors (Lipinski definition) is 6. The summed E-state index contributed by atoms with van der Waals surface area (Å²) >= 11 is 0. The lowest BCUT2D eigenvalue weighted by molar-refractivity contribution is -0.133. The average Bonchev–Trinajstić information content (AvgIpc) is 2.93. The number of carbonyl (C=O) groups is 1. The van der Waals surface area contributed by atoms with Crippen molar-refractivity contribution in [2.24, 2.45) is 0 Å². The summed E-state index contributed by atoms with van der Waals surface area (Å²) < 4.78 is 1.54. The molecule has 0 fully saturated rings. The molecule has 24 heavy (non-hydrogen) atoms. The van der Waals surface area contributed by atoms with Gasteiger partial charge in [-0.1, -0.05) is 30.3 Å². The zero-order valence-electron chi connectivity index (χ0n) is 13.5. The van der Waals surface area contributed by atoms with Crippen LogP contribution in [0, 0.1) is 13.8 Å². The van der Waals surface area contributed by atoms with Gasteiger partial charge in [-0.2, -0.15) is 9.50 Å². The highest BCUT2D eigenvalue weighted by Crippen LogP contribution is 2.14. The molecule has 8 heteroatoms. The Kier molecular flexibility index (Phi) is 4.39. The summed E-state index contributed by atoms with van der Waals surface area (Å²) in [4.78, 5) is 25.7. The quantitative estimate of drug-likeness (QED) is 0.680. The first-order chi connectivity index (χ1) is 11.5. The molecule has 0 bridgehead atoms. The van der Waals surface area contributed by atoms with Gasteiger partial charge >= 0.3 is 0 Å².